The molecule has 0 heterocycles. The third-order valence-electron chi connectivity index (χ3n) is 1.35. The Morgan fingerprint density at radius 3 is 2.83 bits per heavy atom. The van der Waals surface area contributed by atoms with Gasteiger partial charge in [-0.25, -0.2) is 4.79 Å². The molecule has 0 aromatic heterocycles. The molecule has 3 heteroatoms. The van der Waals surface area contributed by atoms with Crippen molar-refractivity contribution in [3.05, 3.63) is 12.3 Å². The summed E-state index contributed by atoms with van der Waals surface area (Å²) in [5.41, 5.74) is 0. The van der Waals surface area contributed by atoms with E-state index in [1.807, 2.05) is 0 Å². The number of esters is 1. The minimum Gasteiger partial charge on any atom is -0.433 e. The minimum atomic E-state index is -1.04. The number of rotatable bonds is 5. The van der Waals surface area contributed by atoms with Crippen LogP contribution in [0.15, 0.2) is 12.3 Å². The Bertz CT molecular complexity index is 150. The fraction of sp³-hybridized carbons (Fsp3) is 0.667. The third kappa shape index (κ3) is 5.92. The number of unbranched alkanes of at least 4 members (excludes halogenated alkanes) is 2. The van der Waals surface area contributed by atoms with E-state index in [9.17, 15) is 4.79 Å². The summed E-state index contributed by atoms with van der Waals surface area (Å²) < 4.78 is 4.58. The topological polar surface area (TPSA) is 46.5 Å². The van der Waals surface area contributed by atoms with Crippen LogP contribution < -0.4 is 0 Å². The molecule has 12 heavy (non-hydrogen) atoms. The first kappa shape index (κ1) is 11.2. The SMILES string of the molecule is CCCC/C=C/OC(=O)C(C)O. The van der Waals surface area contributed by atoms with Crippen molar-refractivity contribution in [1.82, 2.24) is 0 Å². The molecule has 0 spiro atoms. The Labute approximate surface area is 73.0 Å². The molecular formula is C9H16O3. The molecule has 0 radical (unpaired) electrons. The van der Waals surface area contributed by atoms with Crippen molar-refractivity contribution >= 4 is 5.97 Å². The fourth-order valence-electron chi connectivity index (χ4n) is 0.604. The number of aliphatic hydroxyl groups is 1. The van der Waals surface area contributed by atoms with Crippen molar-refractivity contribution in [2.24, 2.45) is 0 Å². The van der Waals surface area contributed by atoms with E-state index in [0.717, 1.165) is 19.3 Å². The van der Waals surface area contributed by atoms with Crippen molar-refractivity contribution in [3.8, 4) is 0 Å². The lowest BCUT2D eigenvalue weighted by Gasteiger charge is -1.99. The molecule has 3 nitrogen and oxygen atoms in total. The van der Waals surface area contributed by atoms with Crippen molar-refractivity contribution in [2.45, 2.75) is 39.2 Å². The molecule has 1 atom stereocenters. The van der Waals surface area contributed by atoms with Crippen LogP contribution in [-0.2, 0) is 9.53 Å². The minimum absolute atomic E-state index is 0.609. The first-order valence-corrected chi connectivity index (χ1v) is 4.22. The van der Waals surface area contributed by atoms with Gasteiger partial charge < -0.3 is 9.84 Å². The van der Waals surface area contributed by atoms with Gasteiger partial charge in [0, 0.05) is 0 Å². The molecule has 70 valence electrons. The van der Waals surface area contributed by atoms with Crippen LogP contribution in [0.1, 0.15) is 33.1 Å². The van der Waals surface area contributed by atoms with Gasteiger partial charge in [-0.3, -0.25) is 0 Å². The van der Waals surface area contributed by atoms with Crippen LogP contribution in [0.2, 0.25) is 0 Å². The summed E-state index contributed by atoms with van der Waals surface area (Å²) in [5.74, 6) is -0.609. The van der Waals surface area contributed by atoms with Crippen LogP contribution in [0, 0.1) is 0 Å². The molecule has 1 unspecified atom stereocenters. The second kappa shape index (κ2) is 6.85. The quantitative estimate of drug-likeness (QED) is 0.389. The normalized spacial score (nSPS) is 13.2. The number of carbonyl (C=O) groups excluding carboxylic acids is 1. The first-order chi connectivity index (χ1) is 5.68. The number of hydrogen-bond donors (Lipinski definition) is 1. The highest BCUT2D eigenvalue weighted by molar-refractivity contribution is 5.74. The van der Waals surface area contributed by atoms with Gasteiger partial charge in [0.15, 0.2) is 0 Å². The number of carbonyl (C=O) groups is 1. The molecule has 0 aromatic rings. The lowest BCUT2D eigenvalue weighted by atomic mass is 10.2. The third-order valence-corrected chi connectivity index (χ3v) is 1.35. The molecule has 0 saturated heterocycles. The number of aliphatic hydroxyl groups excluding tert-OH is 1. The van der Waals surface area contributed by atoms with Gasteiger partial charge in [-0.15, -0.1) is 0 Å². The lowest BCUT2D eigenvalue weighted by Crippen LogP contribution is -2.16. The van der Waals surface area contributed by atoms with Crippen LogP contribution in [0.5, 0.6) is 0 Å². The van der Waals surface area contributed by atoms with E-state index in [0.29, 0.717) is 0 Å². The van der Waals surface area contributed by atoms with Crippen LogP contribution >= 0.6 is 0 Å². The largest absolute Gasteiger partial charge is 0.433 e. The number of allylic oxidation sites excluding steroid dienone is 1. The van der Waals surface area contributed by atoms with Crippen LogP contribution in [0.3, 0.4) is 0 Å². The summed E-state index contributed by atoms with van der Waals surface area (Å²) in [6, 6.07) is 0. The van der Waals surface area contributed by atoms with Crippen LogP contribution in [0.25, 0.3) is 0 Å². The van der Waals surface area contributed by atoms with Crippen molar-refractivity contribution in [2.75, 3.05) is 0 Å². The van der Waals surface area contributed by atoms with E-state index in [4.69, 9.17) is 5.11 Å². The zero-order valence-corrected chi connectivity index (χ0v) is 7.62. The predicted octanol–water partition coefficient (Wildman–Crippen LogP) is 1.61. The Morgan fingerprint density at radius 1 is 1.67 bits per heavy atom. The molecule has 0 fully saturated rings. The monoisotopic (exact) mass is 172 g/mol. The molecule has 0 aromatic carbocycles. The zero-order valence-electron chi connectivity index (χ0n) is 7.62. The molecular weight excluding hydrogens is 156 g/mol. The van der Waals surface area contributed by atoms with Crippen LogP contribution in [0.4, 0.5) is 0 Å². The molecule has 0 saturated carbocycles. The van der Waals surface area contributed by atoms with Gasteiger partial charge in [-0.2, -0.15) is 0 Å². The van der Waals surface area contributed by atoms with E-state index >= 15 is 0 Å². The zero-order chi connectivity index (χ0) is 9.40. The van der Waals surface area contributed by atoms with E-state index in [1.54, 1.807) is 6.08 Å². The second-order valence-electron chi connectivity index (χ2n) is 2.63. The highest BCUT2D eigenvalue weighted by Crippen LogP contribution is 1.95. The molecule has 1 N–H and O–H groups in total. The Morgan fingerprint density at radius 2 is 2.33 bits per heavy atom. The maximum absolute atomic E-state index is 10.7. The average molecular weight is 172 g/mol. The average Bonchev–Trinajstić information content (AvgIpc) is 2.03. The summed E-state index contributed by atoms with van der Waals surface area (Å²) in [4.78, 5) is 10.7. The smallest absolute Gasteiger partial charge is 0.339 e. The van der Waals surface area contributed by atoms with Crippen molar-refractivity contribution in [3.63, 3.8) is 0 Å². The summed E-state index contributed by atoms with van der Waals surface area (Å²) in [6.07, 6.45) is 5.19. The van der Waals surface area contributed by atoms with E-state index in [2.05, 4.69) is 11.7 Å². The number of ether oxygens (including phenoxy) is 1. The summed E-state index contributed by atoms with van der Waals surface area (Å²) in [6.45, 7) is 3.47. The van der Waals surface area contributed by atoms with Crippen molar-refractivity contribution < 1.29 is 14.6 Å². The van der Waals surface area contributed by atoms with Gasteiger partial charge in [0.1, 0.15) is 6.10 Å². The lowest BCUT2D eigenvalue weighted by molar-refractivity contribution is -0.146. The van der Waals surface area contributed by atoms with Gasteiger partial charge >= 0.3 is 5.97 Å². The van der Waals surface area contributed by atoms with Crippen LogP contribution in [-0.4, -0.2) is 17.2 Å². The Hall–Kier alpha value is -0.830. The van der Waals surface area contributed by atoms with E-state index in [1.165, 1.54) is 13.2 Å². The summed E-state index contributed by atoms with van der Waals surface area (Å²) >= 11 is 0. The van der Waals surface area contributed by atoms with E-state index in [-0.39, 0.29) is 0 Å². The molecule has 0 rings (SSSR count). The molecule has 0 aliphatic rings. The van der Waals surface area contributed by atoms with E-state index < -0.39 is 12.1 Å². The highest BCUT2D eigenvalue weighted by Gasteiger charge is 2.07. The molecule has 0 aliphatic heterocycles. The maximum atomic E-state index is 10.7. The Balaban J connectivity index is 3.40. The fourth-order valence-corrected chi connectivity index (χ4v) is 0.604. The van der Waals surface area contributed by atoms with Crippen molar-refractivity contribution in [1.29, 1.82) is 0 Å². The second-order valence-corrected chi connectivity index (χ2v) is 2.63. The summed E-state index contributed by atoms with van der Waals surface area (Å²) in [7, 11) is 0. The molecule has 0 aliphatic carbocycles. The van der Waals surface area contributed by atoms with Gasteiger partial charge in [0.2, 0.25) is 0 Å². The maximum Gasteiger partial charge on any atom is 0.339 e. The number of hydrogen-bond acceptors (Lipinski definition) is 3. The predicted molar refractivity (Wildman–Crippen MR) is 46.4 cm³/mol. The van der Waals surface area contributed by atoms with Gasteiger partial charge in [0.05, 0.1) is 6.26 Å². The molecule has 0 amide bonds. The van der Waals surface area contributed by atoms with Gasteiger partial charge in [-0.05, 0) is 25.8 Å². The highest BCUT2D eigenvalue weighted by atomic mass is 16.5. The van der Waals surface area contributed by atoms with Gasteiger partial charge in [0.25, 0.3) is 0 Å². The Kier molecular flexibility index (Phi) is 6.38. The van der Waals surface area contributed by atoms with Gasteiger partial charge in [-0.1, -0.05) is 13.3 Å². The first-order valence-electron chi connectivity index (χ1n) is 4.22. The summed E-state index contributed by atoms with van der Waals surface area (Å²) in [5, 5.41) is 8.72. The standard InChI is InChI=1S/C9H16O3/c1-3-4-5-6-7-12-9(11)8(2)10/h6-8,10H,3-5H2,1-2H3/b7-6+. The molecule has 0 bridgehead atoms.